The number of nitrogens with zero attached hydrogens (tertiary/aromatic N) is 1. The maximum absolute atomic E-state index is 11.8. The molecule has 1 amide bonds. The van der Waals surface area contributed by atoms with Crippen LogP contribution in [0.2, 0.25) is 0 Å². The fourth-order valence-corrected chi connectivity index (χ4v) is 2.80. The molecule has 0 aliphatic carbocycles. The van der Waals surface area contributed by atoms with Gasteiger partial charge < -0.3 is 20.0 Å². The third-order valence-electron chi connectivity index (χ3n) is 3.38. The van der Waals surface area contributed by atoms with Crippen molar-refractivity contribution in [3.05, 3.63) is 23.0 Å². The first-order chi connectivity index (χ1) is 9.97. The molecule has 2 rings (SSSR count). The minimum Gasteiger partial charge on any atom is -0.491 e. The lowest BCUT2D eigenvalue weighted by Gasteiger charge is -2.20. The number of imidazole rings is 1. The molecule has 1 atom stereocenters. The highest BCUT2D eigenvalue weighted by Crippen LogP contribution is 2.29. The van der Waals surface area contributed by atoms with Crippen LogP contribution >= 0.6 is 12.2 Å². The number of hydrogen-bond donors (Lipinski definition) is 2. The number of para-hydroxylation sites is 1. The molecule has 5 nitrogen and oxygen atoms in total. The Bertz CT molecular complexity index is 702. The van der Waals surface area contributed by atoms with Crippen molar-refractivity contribution in [3.63, 3.8) is 0 Å². The van der Waals surface area contributed by atoms with E-state index in [1.54, 1.807) is 4.57 Å². The molecule has 6 heteroatoms. The quantitative estimate of drug-likeness (QED) is 0.805. The van der Waals surface area contributed by atoms with Crippen molar-refractivity contribution in [1.29, 1.82) is 0 Å². The van der Waals surface area contributed by atoms with Crippen LogP contribution in [0.3, 0.4) is 0 Å². The highest BCUT2D eigenvalue weighted by atomic mass is 32.1. The summed E-state index contributed by atoms with van der Waals surface area (Å²) in [5.74, 6) is 0.404. The number of carbonyl (C=O) groups excluding carboxylic acids is 1. The van der Waals surface area contributed by atoms with Crippen LogP contribution in [0.15, 0.2) is 18.2 Å². The first-order valence-electron chi connectivity index (χ1n) is 7.12. The van der Waals surface area contributed by atoms with Crippen molar-refractivity contribution in [3.8, 4) is 5.75 Å². The highest BCUT2D eigenvalue weighted by Gasteiger charge is 2.25. The van der Waals surface area contributed by atoms with E-state index < -0.39 is 6.04 Å². The highest BCUT2D eigenvalue weighted by molar-refractivity contribution is 7.71. The maximum atomic E-state index is 11.8. The van der Waals surface area contributed by atoms with E-state index in [2.05, 4.69) is 11.9 Å². The molecule has 0 fully saturated rings. The number of benzene rings is 1. The van der Waals surface area contributed by atoms with Gasteiger partial charge in [-0.2, -0.15) is 0 Å². The van der Waals surface area contributed by atoms with Gasteiger partial charge in [0.1, 0.15) is 17.3 Å². The van der Waals surface area contributed by atoms with Gasteiger partial charge in [-0.05, 0) is 36.7 Å². The number of carbonyl (C=O) groups is 1. The number of H-pyrrole nitrogens is 1. The molecule has 0 radical (unpaired) electrons. The lowest BCUT2D eigenvalue weighted by Crippen LogP contribution is -2.30. The van der Waals surface area contributed by atoms with Crippen molar-refractivity contribution < 1.29 is 9.53 Å². The molecule has 3 N–H and O–H groups in total. The van der Waals surface area contributed by atoms with Gasteiger partial charge in [0.2, 0.25) is 5.91 Å². The van der Waals surface area contributed by atoms with Crippen LogP contribution in [-0.2, 0) is 4.79 Å². The Labute approximate surface area is 129 Å². The van der Waals surface area contributed by atoms with Gasteiger partial charge in [-0.15, -0.1) is 0 Å². The molecule has 0 bridgehead atoms. The van der Waals surface area contributed by atoms with Crippen LogP contribution in [0, 0.1) is 10.7 Å². The summed E-state index contributed by atoms with van der Waals surface area (Å²) >= 11 is 5.38. The fourth-order valence-electron chi connectivity index (χ4n) is 2.48. The van der Waals surface area contributed by atoms with E-state index in [1.165, 1.54) is 0 Å². The topological polar surface area (TPSA) is 73.0 Å². The lowest BCUT2D eigenvalue weighted by atomic mass is 10.0. The van der Waals surface area contributed by atoms with Gasteiger partial charge in [0.25, 0.3) is 0 Å². The largest absolute Gasteiger partial charge is 0.491 e. The van der Waals surface area contributed by atoms with Gasteiger partial charge in [0.05, 0.1) is 12.1 Å². The van der Waals surface area contributed by atoms with Gasteiger partial charge in [0.15, 0.2) is 4.77 Å². The van der Waals surface area contributed by atoms with Crippen molar-refractivity contribution in [2.75, 3.05) is 6.61 Å². The third kappa shape index (κ3) is 2.95. The van der Waals surface area contributed by atoms with Crippen LogP contribution in [0.5, 0.6) is 5.75 Å². The number of primary amides is 1. The second-order valence-corrected chi connectivity index (χ2v) is 5.78. The predicted octanol–water partition coefficient (Wildman–Crippen LogP) is 3.17. The SMILES string of the molecule is CCCOc1cccc2c1[nH]c(=S)n2C(C(N)=O)C(C)C. The molecule has 1 unspecified atom stereocenters. The summed E-state index contributed by atoms with van der Waals surface area (Å²) in [6, 6.07) is 5.22. The van der Waals surface area contributed by atoms with E-state index in [1.807, 2.05) is 32.0 Å². The molecule has 0 aliphatic heterocycles. The smallest absolute Gasteiger partial charge is 0.240 e. The van der Waals surface area contributed by atoms with Crippen molar-refractivity contribution in [2.24, 2.45) is 11.7 Å². The van der Waals surface area contributed by atoms with E-state index in [0.29, 0.717) is 11.4 Å². The number of nitrogens with two attached hydrogens (primary N) is 1. The summed E-state index contributed by atoms with van der Waals surface area (Å²) in [5.41, 5.74) is 7.20. The van der Waals surface area contributed by atoms with Gasteiger partial charge in [-0.3, -0.25) is 4.79 Å². The monoisotopic (exact) mass is 307 g/mol. The van der Waals surface area contributed by atoms with E-state index >= 15 is 0 Å². The summed E-state index contributed by atoms with van der Waals surface area (Å²) in [6.07, 6.45) is 0.924. The van der Waals surface area contributed by atoms with Crippen LogP contribution in [-0.4, -0.2) is 22.1 Å². The summed E-state index contributed by atoms with van der Waals surface area (Å²) in [7, 11) is 0. The zero-order chi connectivity index (χ0) is 15.6. The van der Waals surface area contributed by atoms with Gasteiger partial charge in [0, 0.05) is 0 Å². The zero-order valence-corrected chi connectivity index (χ0v) is 13.4. The molecular formula is C15H21N3O2S. The van der Waals surface area contributed by atoms with E-state index in [-0.39, 0.29) is 11.8 Å². The Hall–Kier alpha value is -1.82. The number of hydrogen-bond acceptors (Lipinski definition) is 3. The number of nitrogens with one attached hydrogen (secondary N) is 1. The summed E-state index contributed by atoms with van der Waals surface area (Å²) < 4.78 is 8.00. The van der Waals surface area contributed by atoms with Gasteiger partial charge in [-0.1, -0.05) is 26.8 Å². The minimum atomic E-state index is -0.479. The number of amides is 1. The number of ether oxygens (including phenoxy) is 1. The molecule has 1 aromatic heterocycles. The Morgan fingerprint density at radius 2 is 2.19 bits per heavy atom. The Kier molecular flexibility index (Phi) is 4.67. The summed E-state index contributed by atoms with van der Waals surface area (Å²) in [4.78, 5) is 14.9. The number of fused-ring (bicyclic) bond motifs is 1. The van der Waals surface area contributed by atoms with Gasteiger partial charge >= 0.3 is 0 Å². The normalized spacial score (nSPS) is 12.8. The van der Waals surface area contributed by atoms with Crippen LogP contribution in [0.25, 0.3) is 11.0 Å². The molecule has 2 aromatic rings. The van der Waals surface area contributed by atoms with E-state index in [4.69, 9.17) is 22.7 Å². The average molecular weight is 307 g/mol. The molecule has 0 aliphatic rings. The van der Waals surface area contributed by atoms with Crippen molar-refractivity contribution in [1.82, 2.24) is 9.55 Å². The first-order valence-corrected chi connectivity index (χ1v) is 7.53. The summed E-state index contributed by atoms with van der Waals surface area (Å²) in [5, 5.41) is 0. The number of aromatic amines is 1. The molecule has 1 heterocycles. The third-order valence-corrected chi connectivity index (χ3v) is 3.68. The number of rotatable bonds is 6. The fraction of sp³-hybridized carbons (Fsp3) is 0.467. The average Bonchev–Trinajstić information content (AvgIpc) is 2.73. The standard InChI is InChI=1S/C15H21N3O2S/c1-4-8-20-11-7-5-6-10-12(11)17-15(21)18(10)13(9(2)3)14(16)19/h5-7,9,13H,4,8H2,1-3H3,(H2,16,19)(H,17,21). The summed E-state index contributed by atoms with van der Waals surface area (Å²) in [6.45, 7) is 6.59. The predicted molar refractivity (Wildman–Crippen MR) is 86.0 cm³/mol. The van der Waals surface area contributed by atoms with Crippen molar-refractivity contribution >= 4 is 29.2 Å². The molecule has 0 saturated carbocycles. The molecule has 0 saturated heterocycles. The molecule has 1 aromatic carbocycles. The van der Waals surface area contributed by atoms with Crippen LogP contribution in [0.1, 0.15) is 33.2 Å². The number of aromatic nitrogens is 2. The zero-order valence-electron chi connectivity index (χ0n) is 12.6. The molecule has 114 valence electrons. The second-order valence-electron chi connectivity index (χ2n) is 5.39. The minimum absolute atomic E-state index is 0.0495. The maximum Gasteiger partial charge on any atom is 0.240 e. The lowest BCUT2D eigenvalue weighted by molar-refractivity contribution is -0.122. The first kappa shape index (κ1) is 15.6. The van der Waals surface area contributed by atoms with Gasteiger partial charge in [-0.25, -0.2) is 0 Å². The second kappa shape index (κ2) is 6.30. The van der Waals surface area contributed by atoms with E-state index in [0.717, 1.165) is 23.2 Å². The van der Waals surface area contributed by atoms with E-state index in [9.17, 15) is 4.79 Å². The van der Waals surface area contributed by atoms with Crippen LogP contribution in [0.4, 0.5) is 0 Å². The Morgan fingerprint density at radius 3 is 2.76 bits per heavy atom. The van der Waals surface area contributed by atoms with Crippen molar-refractivity contribution in [2.45, 2.75) is 33.2 Å². The molecule has 0 spiro atoms. The van der Waals surface area contributed by atoms with Crippen LogP contribution < -0.4 is 10.5 Å². The molecule has 21 heavy (non-hydrogen) atoms. The Balaban J connectivity index is 2.63. The Morgan fingerprint density at radius 1 is 1.48 bits per heavy atom. The molecular weight excluding hydrogens is 286 g/mol.